The molecule has 0 aromatic carbocycles. The van der Waals surface area contributed by atoms with Gasteiger partial charge >= 0.3 is 0 Å². The molecule has 2 heterocycles. The third-order valence-electron chi connectivity index (χ3n) is 2.22. The van der Waals surface area contributed by atoms with Crippen LogP contribution in [0.5, 0.6) is 0 Å². The molecule has 0 saturated heterocycles. The minimum atomic E-state index is -0.243. The topological polar surface area (TPSA) is 74.8 Å². The van der Waals surface area contributed by atoms with E-state index in [4.69, 9.17) is 0 Å². The predicted octanol–water partition coefficient (Wildman–Crippen LogP) is 1.60. The van der Waals surface area contributed by atoms with E-state index in [1.807, 2.05) is 5.38 Å². The predicted molar refractivity (Wildman–Crippen MR) is 64.1 cm³/mol. The molecule has 0 aliphatic rings. The molecule has 17 heavy (non-hydrogen) atoms. The van der Waals surface area contributed by atoms with Crippen molar-refractivity contribution in [1.29, 1.82) is 0 Å². The van der Waals surface area contributed by atoms with Gasteiger partial charge in [0.1, 0.15) is 10.7 Å². The van der Waals surface area contributed by atoms with Crippen LogP contribution in [-0.4, -0.2) is 21.7 Å². The van der Waals surface area contributed by atoms with E-state index in [-0.39, 0.29) is 11.7 Å². The van der Waals surface area contributed by atoms with Gasteiger partial charge in [0, 0.05) is 23.3 Å². The Morgan fingerprint density at radius 2 is 2.35 bits per heavy atom. The molecule has 0 aliphatic carbocycles. The first-order chi connectivity index (χ1) is 8.16. The molecule has 0 aliphatic heterocycles. The average molecular weight is 249 g/mol. The average Bonchev–Trinajstić information content (AvgIpc) is 2.96. The first-order valence-corrected chi connectivity index (χ1v) is 5.90. The van der Waals surface area contributed by atoms with Crippen molar-refractivity contribution in [2.24, 2.45) is 0 Å². The summed E-state index contributed by atoms with van der Waals surface area (Å²) in [6.07, 6.45) is 3.22. The molecule has 6 heteroatoms. The van der Waals surface area contributed by atoms with Gasteiger partial charge in [0.2, 0.25) is 0 Å². The number of H-pyrrole nitrogens is 1. The third kappa shape index (κ3) is 2.79. The zero-order valence-electron chi connectivity index (χ0n) is 9.19. The van der Waals surface area contributed by atoms with Crippen molar-refractivity contribution in [3.63, 3.8) is 0 Å². The fourth-order valence-electron chi connectivity index (χ4n) is 1.32. The van der Waals surface area contributed by atoms with Crippen molar-refractivity contribution in [2.45, 2.75) is 13.5 Å². The molecule has 0 unspecified atom stereocenters. The van der Waals surface area contributed by atoms with Crippen molar-refractivity contribution in [3.8, 4) is 0 Å². The highest BCUT2D eigenvalue weighted by atomic mass is 32.1. The van der Waals surface area contributed by atoms with Gasteiger partial charge < -0.3 is 10.3 Å². The quantitative estimate of drug-likeness (QED) is 0.808. The number of nitrogens with one attached hydrogen (secondary N) is 2. The molecule has 0 spiro atoms. The van der Waals surface area contributed by atoms with Crippen molar-refractivity contribution in [2.75, 3.05) is 0 Å². The summed E-state index contributed by atoms with van der Waals surface area (Å²) in [5.74, 6) is -0.312. The Labute approximate surface area is 102 Å². The van der Waals surface area contributed by atoms with Crippen LogP contribution in [0.15, 0.2) is 23.8 Å². The fourth-order valence-corrected chi connectivity index (χ4v) is 1.88. The number of thiazole rings is 1. The lowest BCUT2D eigenvalue weighted by atomic mass is 10.2. The van der Waals surface area contributed by atoms with Crippen LogP contribution >= 0.6 is 11.3 Å². The summed E-state index contributed by atoms with van der Waals surface area (Å²) < 4.78 is 0. The molecule has 88 valence electrons. The Bertz CT molecular complexity index is 531. The lowest BCUT2D eigenvalue weighted by Crippen LogP contribution is -2.22. The number of Topliss-reactive ketones (excluding diaryl/α,β-unsaturated/α-hetero) is 1. The first kappa shape index (κ1) is 11.5. The molecule has 0 bridgehead atoms. The highest BCUT2D eigenvalue weighted by molar-refractivity contribution is 7.09. The van der Waals surface area contributed by atoms with Crippen LogP contribution in [0.2, 0.25) is 0 Å². The van der Waals surface area contributed by atoms with Crippen molar-refractivity contribution >= 4 is 23.0 Å². The number of rotatable bonds is 4. The summed E-state index contributed by atoms with van der Waals surface area (Å²) in [6.45, 7) is 1.85. The number of carbonyl (C=O) groups excluding carboxylic acids is 2. The second-order valence-corrected chi connectivity index (χ2v) is 4.45. The van der Waals surface area contributed by atoms with E-state index >= 15 is 0 Å². The third-order valence-corrected chi connectivity index (χ3v) is 3.00. The second-order valence-electron chi connectivity index (χ2n) is 3.47. The van der Waals surface area contributed by atoms with Crippen LogP contribution in [0.4, 0.5) is 0 Å². The normalized spacial score (nSPS) is 10.2. The van der Waals surface area contributed by atoms with Crippen LogP contribution < -0.4 is 5.32 Å². The zero-order chi connectivity index (χ0) is 12.3. The summed E-state index contributed by atoms with van der Waals surface area (Å²) in [6, 6.07) is 1.54. The number of nitrogens with zero attached hydrogens (tertiary/aromatic N) is 1. The van der Waals surface area contributed by atoms with E-state index in [2.05, 4.69) is 15.3 Å². The Kier molecular flexibility index (Phi) is 3.34. The molecule has 1 amide bonds. The number of hydrogen-bond acceptors (Lipinski definition) is 4. The largest absolute Gasteiger partial charge is 0.356 e. The summed E-state index contributed by atoms with van der Waals surface area (Å²) in [5.41, 5.74) is 0.885. The number of hydrogen-bond donors (Lipinski definition) is 2. The zero-order valence-corrected chi connectivity index (χ0v) is 10.0. The van der Waals surface area contributed by atoms with Gasteiger partial charge in [-0.25, -0.2) is 4.98 Å². The fraction of sp³-hybridized carbons (Fsp3) is 0.182. The Hall–Kier alpha value is -1.95. The molecular formula is C11H11N3O2S. The molecule has 0 fully saturated rings. The van der Waals surface area contributed by atoms with Crippen LogP contribution in [0.3, 0.4) is 0 Å². The van der Waals surface area contributed by atoms with E-state index in [0.717, 1.165) is 5.01 Å². The van der Waals surface area contributed by atoms with E-state index < -0.39 is 0 Å². The summed E-state index contributed by atoms with van der Waals surface area (Å²) in [5, 5.41) is 5.42. The molecule has 2 aromatic heterocycles. The maximum atomic E-state index is 11.7. The molecule has 2 aromatic rings. The van der Waals surface area contributed by atoms with Gasteiger partial charge in [-0.3, -0.25) is 9.59 Å². The molecule has 5 nitrogen and oxygen atoms in total. The molecule has 2 rings (SSSR count). The Morgan fingerprint density at radius 1 is 1.53 bits per heavy atom. The Morgan fingerprint density at radius 3 is 2.94 bits per heavy atom. The minimum absolute atomic E-state index is 0.0692. The smallest absolute Gasteiger partial charge is 0.268 e. The second kappa shape index (κ2) is 4.92. The molecule has 2 N–H and O–H groups in total. The number of amides is 1. The number of ketones is 1. The standard InChI is InChI=1S/C11H11N3O2S/c1-7(15)8-4-9(13-5-8)11(16)14-6-10-12-2-3-17-10/h2-5,13H,6H2,1H3,(H,14,16). The lowest BCUT2D eigenvalue weighted by Gasteiger charge is -1.99. The van der Waals surface area contributed by atoms with Gasteiger partial charge in [-0.15, -0.1) is 11.3 Å². The van der Waals surface area contributed by atoms with E-state index in [1.54, 1.807) is 12.3 Å². The van der Waals surface area contributed by atoms with E-state index in [1.165, 1.54) is 24.5 Å². The highest BCUT2D eigenvalue weighted by Gasteiger charge is 2.10. The lowest BCUT2D eigenvalue weighted by molar-refractivity contribution is 0.0946. The van der Waals surface area contributed by atoms with Crippen molar-refractivity contribution < 1.29 is 9.59 Å². The minimum Gasteiger partial charge on any atom is -0.356 e. The molecule has 0 atom stereocenters. The Balaban J connectivity index is 1.97. The van der Waals surface area contributed by atoms with Gasteiger partial charge in [0.25, 0.3) is 5.91 Å². The van der Waals surface area contributed by atoms with Crippen LogP contribution in [-0.2, 0) is 6.54 Å². The van der Waals surface area contributed by atoms with Gasteiger partial charge in [-0.1, -0.05) is 0 Å². The summed E-state index contributed by atoms with van der Waals surface area (Å²) >= 11 is 1.48. The number of aromatic nitrogens is 2. The highest BCUT2D eigenvalue weighted by Crippen LogP contribution is 2.06. The monoisotopic (exact) mass is 249 g/mol. The van der Waals surface area contributed by atoms with Crippen LogP contribution in [0.1, 0.15) is 32.8 Å². The van der Waals surface area contributed by atoms with Gasteiger partial charge in [0.15, 0.2) is 5.78 Å². The van der Waals surface area contributed by atoms with Crippen LogP contribution in [0, 0.1) is 0 Å². The van der Waals surface area contributed by atoms with Crippen molar-refractivity contribution in [1.82, 2.24) is 15.3 Å². The molecule has 0 radical (unpaired) electrons. The van der Waals surface area contributed by atoms with E-state index in [0.29, 0.717) is 17.8 Å². The maximum absolute atomic E-state index is 11.7. The summed E-state index contributed by atoms with van der Waals surface area (Å²) in [4.78, 5) is 29.6. The van der Waals surface area contributed by atoms with Gasteiger partial charge in [-0.05, 0) is 13.0 Å². The maximum Gasteiger partial charge on any atom is 0.268 e. The van der Waals surface area contributed by atoms with Crippen LogP contribution in [0.25, 0.3) is 0 Å². The van der Waals surface area contributed by atoms with Gasteiger partial charge in [0.05, 0.1) is 6.54 Å². The molecular weight excluding hydrogens is 238 g/mol. The first-order valence-electron chi connectivity index (χ1n) is 5.03. The van der Waals surface area contributed by atoms with Gasteiger partial charge in [-0.2, -0.15) is 0 Å². The summed E-state index contributed by atoms with van der Waals surface area (Å²) in [7, 11) is 0. The SMILES string of the molecule is CC(=O)c1c[nH]c(C(=O)NCc2nccs2)c1. The molecule has 0 saturated carbocycles. The number of carbonyl (C=O) groups is 2. The van der Waals surface area contributed by atoms with Crippen molar-refractivity contribution in [3.05, 3.63) is 40.1 Å². The number of aromatic amines is 1. The van der Waals surface area contributed by atoms with E-state index in [9.17, 15) is 9.59 Å².